The normalized spacial score (nSPS) is 8.67. The number of rotatable bonds is 1. The monoisotopic (exact) mass is 170 g/mol. The van der Waals surface area contributed by atoms with Crippen LogP contribution in [-0.4, -0.2) is 16.2 Å². The van der Waals surface area contributed by atoms with Crippen LogP contribution < -0.4 is 11.9 Å². The van der Waals surface area contributed by atoms with E-state index in [4.69, 9.17) is 15.9 Å². The lowest BCUT2D eigenvalue weighted by Crippen LogP contribution is -1.98. The summed E-state index contributed by atoms with van der Waals surface area (Å²) in [6.07, 6.45) is 0. The van der Waals surface area contributed by atoms with Crippen molar-refractivity contribution in [2.45, 2.75) is 0 Å². The molecule has 0 saturated carbocycles. The minimum Gasteiger partial charge on any atom is -0.505 e. The molecule has 0 bridgehead atoms. The summed E-state index contributed by atoms with van der Waals surface area (Å²) in [7, 11) is 0. The number of phenols is 1. The molecule has 7 N–H and O–H groups in total. The van der Waals surface area contributed by atoms with E-state index < -0.39 is 5.97 Å². The molecule has 1 rings (SSSR count). The molecule has 0 fully saturated rings. The van der Waals surface area contributed by atoms with Crippen LogP contribution in [-0.2, 0) is 0 Å². The van der Waals surface area contributed by atoms with E-state index >= 15 is 0 Å². The quantitative estimate of drug-likeness (QED) is 0.367. The largest absolute Gasteiger partial charge is 0.505 e. The Hall–Kier alpha value is -1.75. The second-order valence-electron chi connectivity index (χ2n) is 2.05. The van der Waals surface area contributed by atoms with Crippen LogP contribution in [0.4, 0.5) is 5.69 Å². The first-order valence-electron chi connectivity index (χ1n) is 2.93. The molecule has 0 aromatic heterocycles. The van der Waals surface area contributed by atoms with E-state index in [-0.39, 0.29) is 23.2 Å². The van der Waals surface area contributed by atoms with Crippen LogP contribution in [0.3, 0.4) is 0 Å². The fourth-order valence-corrected chi connectivity index (χ4v) is 0.734. The van der Waals surface area contributed by atoms with E-state index in [1.165, 1.54) is 18.2 Å². The van der Waals surface area contributed by atoms with Gasteiger partial charge >= 0.3 is 5.97 Å². The Bertz CT molecular complexity index is 299. The second-order valence-corrected chi connectivity index (χ2v) is 2.05. The van der Waals surface area contributed by atoms with Crippen molar-refractivity contribution in [3.8, 4) is 5.75 Å². The zero-order chi connectivity index (χ0) is 8.43. The third-order valence-electron chi connectivity index (χ3n) is 1.30. The highest BCUT2D eigenvalue weighted by Gasteiger charge is 2.09. The summed E-state index contributed by atoms with van der Waals surface area (Å²) >= 11 is 0. The lowest BCUT2D eigenvalue weighted by molar-refractivity contribution is 0.0694. The smallest absolute Gasteiger partial charge is 0.339 e. The van der Waals surface area contributed by atoms with Gasteiger partial charge in [-0.2, -0.15) is 0 Å². The molecule has 5 heteroatoms. The standard InChI is InChI=1S/C7H7NO3.H3N/c8-5-3-1-2-4(6(5)9)7(10)11;/h1-3,9H,8H2,(H,10,11);1H3. The molecule has 0 aliphatic heterocycles. The molecule has 0 saturated heterocycles. The molecular formula is C7H10N2O3. The predicted molar refractivity (Wildman–Crippen MR) is 44.5 cm³/mol. The Labute approximate surface area is 69.0 Å². The van der Waals surface area contributed by atoms with E-state index in [1.807, 2.05) is 0 Å². The first-order chi connectivity index (χ1) is 5.13. The van der Waals surface area contributed by atoms with E-state index in [0.29, 0.717) is 0 Å². The third-order valence-corrected chi connectivity index (χ3v) is 1.30. The van der Waals surface area contributed by atoms with Gasteiger partial charge in [0.25, 0.3) is 0 Å². The number of para-hydroxylation sites is 1. The number of carbonyl (C=O) groups is 1. The summed E-state index contributed by atoms with van der Waals surface area (Å²) in [6.45, 7) is 0. The Morgan fingerprint density at radius 1 is 1.42 bits per heavy atom. The van der Waals surface area contributed by atoms with Crippen molar-refractivity contribution in [1.29, 1.82) is 0 Å². The number of hydrogen-bond acceptors (Lipinski definition) is 4. The maximum atomic E-state index is 10.4. The van der Waals surface area contributed by atoms with Gasteiger partial charge in [0.1, 0.15) is 5.56 Å². The Morgan fingerprint density at radius 3 is 2.42 bits per heavy atom. The summed E-state index contributed by atoms with van der Waals surface area (Å²) in [6, 6.07) is 4.19. The average Bonchev–Trinajstić information content (AvgIpc) is 1.94. The number of nitrogens with two attached hydrogens (primary N) is 1. The van der Waals surface area contributed by atoms with Gasteiger partial charge in [-0.1, -0.05) is 6.07 Å². The average molecular weight is 170 g/mol. The van der Waals surface area contributed by atoms with E-state index in [2.05, 4.69) is 0 Å². The predicted octanol–water partition coefficient (Wildman–Crippen LogP) is 0.835. The van der Waals surface area contributed by atoms with Crippen LogP contribution in [0.5, 0.6) is 5.75 Å². The minimum atomic E-state index is -1.19. The summed E-state index contributed by atoms with van der Waals surface area (Å²) in [4.78, 5) is 10.4. The van der Waals surface area contributed by atoms with Crippen LogP contribution in [0.15, 0.2) is 18.2 Å². The zero-order valence-corrected chi connectivity index (χ0v) is 6.32. The van der Waals surface area contributed by atoms with Crippen LogP contribution >= 0.6 is 0 Å². The molecule has 0 spiro atoms. The second kappa shape index (κ2) is 3.59. The number of aromatic hydroxyl groups is 1. The highest BCUT2D eigenvalue weighted by atomic mass is 16.4. The molecule has 0 amide bonds. The van der Waals surface area contributed by atoms with Crippen LogP contribution in [0.2, 0.25) is 0 Å². The van der Waals surface area contributed by atoms with E-state index in [9.17, 15) is 4.79 Å². The highest BCUT2D eigenvalue weighted by Crippen LogP contribution is 2.23. The van der Waals surface area contributed by atoms with Crippen molar-refractivity contribution < 1.29 is 15.0 Å². The van der Waals surface area contributed by atoms with Crippen molar-refractivity contribution in [3.05, 3.63) is 23.8 Å². The fraction of sp³-hybridized carbons (Fsp3) is 0. The fourth-order valence-electron chi connectivity index (χ4n) is 0.734. The van der Waals surface area contributed by atoms with Gasteiger partial charge in [0.2, 0.25) is 0 Å². The van der Waals surface area contributed by atoms with Gasteiger partial charge in [0.15, 0.2) is 5.75 Å². The summed E-state index contributed by atoms with van der Waals surface area (Å²) in [5.41, 5.74) is 5.14. The lowest BCUT2D eigenvalue weighted by Gasteiger charge is -2.00. The molecule has 0 radical (unpaired) electrons. The number of hydrogen-bond donors (Lipinski definition) is 4. The van der Waals surface area contributed by atoms with Crippen molar-refractivity contribution in [3.63, 3.8) is 0 Å². The molecule has 0 unspecified atom stereocenters. The third kappa shape index (κ3) is 1.64. The molecule has 0 aliphatic rings. The maximum Gasteiger partial charge on any atom is 0.339 e. The first-order valence-corrected chi connectivity index (χ1v) is 2.93. The molecule has 1 aromatic carbocycles. The van der Waals surface area contributed by atoms with Gasteiger partial charge in [0, 0.05) is 0 Å². The Balaban J connectivity index is 0.00000121. The Kier molecular flexibility index (Phi) is 3.06. The van der Waals surface area contributed by atoms with Crippen molar-refractivity contribution in [2.75, 3.05) is 5.73 Å². The topological polar surface area (TPSA) is 119 Å². The summed E-state index contributed by atoms with van der Waals surface area (Å²) in [5.74, 6) is -1.56. The minimum absolute atomic E-state index is 0. The van der Waals surface area contributed by atoms with Crippen molar-refractivity contribution in [1.82, 2.24) is 6.15 Å². The summed E-state index contributed by atoms with van der Waals surface area (Å²) < 4.78 is 0. The number of carboxylic acids is 1. The van der Waals surface area contributed by atoms with Crippen LogP contribution in [0.25, 0.3) is 0 Å². The van der Waals surface area contributed by atoms with Gasteiger partial charge in [-0.05, 0) is 12.1 Å². The zero-order valence-electron chi connectivity index (χ0n) is 6.32. The molecule has 0 atom stereocenters. The number of anilines is 1. The van der Waals surface area contributed by atoms with Crippen LogP contribution in [0, 0.1) is 0 Å². The summed E-state index contributed by atoms with van der Waals surface area (Å²) in [5, 5.41) is 17.5. The number of aromatic carboxylic acids is 1. The molecule has 66 valence electrons. The van der Waals surface area contributed by atoms with Crippen molar-refractivity contribution >= 4 is 11.7 Å². The molecular weight excluding hydrogens is 160 g/mol. The van der Waals surface area contributed by atoms with Crippen LogP contribution in [0.1, 0.15) is 10.4 Å². The van der Waals surface area contributed by atoms with E-state index in [0.717, 1.165) is 0 Å². The first kappa shape index (κ1) is 10.2. The molecule has 0 heterocycles. The molecule has 5 nitrogen and oxygen atoms in total. The number of benzene rings is 1. The van der Waals surface area contributed by atoms with E-state index in [1.54, 1.807) is 0 Å². The highest BCUT2D eigenvalue weighted by molar-refractivity contribution is 5.92. The Morgan fingerprint density at radius 2 is 2.00 bits per heavy atom. The van der Waals surface area contributed by atoms with Gasteiger partial charge in [-0.15, -0.1) is 0 Å². The maximum absolute atomic E-state index is 10.4. The lowest BCUT2D eigenvalue weighted by atomic mass is 10.2. The van der Waals surface area contributed by atoms with Gasteiger partial charge < -0.3 is 22.1 Å². The molecule has 1 aromatic rings. The number of nitrogen functional groups attached to an aromatic ring is 1. The molecule has 0 aliphatic carbocycles. The van der Waals surface area contributed by atoms with Crippen molar-refractivity contribution in [2.24, 2.45) is 0 Å². The number of carboxylic acid groups (broad SMARTS) is 1. The van der Waals surface area contributed by atoms with Gasteiger partial charge in [-0.3, -0.25) is 0 Å². The SMILES string of the molecule is N.Nc1cccc(C(=O)O)c1O. The van der Waals surface area contributed by atoms with Gasteiger partial charge in [-0.25, -0.2) is 4.79 Å². The molecule has 12 heavy (non-hydrogen) atoms. The van der Waals surface area contributed by atoms with Gasteiger partial charge in [0.05, 0.1) is 5.69 Å².